The van der Waals surface area contributed by atoms with Crippen molar-refractivity contribution in [2.45, 2.75) is 26.3 Å². The predicted octanol–water partition coefficient (Wildman–Crippen LogP) is 2.11. The standard InChI is InChI=1S/C16H28N4O/c1-12(2)20(5)10-6-9-18-15-8-7-13(11-14(15)17)16(21)19(3)4/h7-8,11-12,18H,6,9-10,17H2,1-5H3. The summed E-state index contributed by atoms with van der Waals surface area (Å²) in [5, 5.41) is 3.33. The van der Waals surface area contributed by atoms with E-state index in [-0.39, 0.29) is 5.91 Å². The molecule has 1 aromatic carbocycles. The Morgan fingerprint density at radius 2 is 1.95 bits per heavy atom. The summed E-state index contributed by atoms with van der Waals surface area (Å²) in [6.07, 6.45) is 1.05. The quantitative estimate of drug-likeness (QED) is 0.597. The fourth-order valence-electron chi connectivity index (χ4n) is 1.92. The molecule has 5 nitrogen and oxygen atoms in total. The van der Waals surface area contributed by atoms with E-state index in [0.717, 1.165) is 25.2 Å². The van der Waals surface area contributed by atoms with Gasteiger partial charge in [-0.2, -0.15) is 0 Å². The summed E-state index contributed by atoms with van der Waals surface area (Å²) in [4.78, 5) is 15.7. The second-order valence-electron chi connectivity index (χ2n) is 5.86. The molecule has 0 fully saturated rings. The topological polar surface area (TPSA) is 61.6 Å². The summed E-state index contributed by atoms with van der Waals surface area (Å²) in [7, 11) is 5.59. The molecular formula is C16H28N4O. The maximum Gasteiger partial charge on any atom is 0.253 e. The molecule has 3 N–H and O–H groups in total. The van der Waals surface area contributed by atoms with Gasteiger partial charge in [0.25, 0.3) is 5.91 Å². The molecule has 21 heavy (non-hydrogen) atoms. The van der Waals surface area contributed by atoms with E-state index in [0.29, 0.717) is 17.3 Å². The lowest BCUT2D eigenvalue weighted by molar-refractivity contribution is 0.0827. The van der Waals surface area contributed by atoms with E-state index in [1.54, 1.807) is 31.1 Å². The molecule has 0 spiro atoms. The van der Waals surface area contributed by atoms with Gasteiger partial charge >= 0.3 is 0 Å². The van der Waals surface area contributed by atoms with E-state index in [1.165, 1.54) is 0 Å². The number of hydrogen-bond acceptors (Lipinski definition) is 4. The molecule has 1 rings (SSSR count). The average Bonchev–Trinajstić information content (AvgIpc) is 2.43. The SMILES string of the molecule is CC(C)N(C)CCCNc1ccc(C(=O)N(C)C)cc1N. The summed E-state index contributed by atoms with van der Waals surface area (Å²) in [6.45, 7) is 6.28. The van der Waals surface area contributed by atoms with Gasteiger partial charge in [-0.15, -0.1) is 0 Å². The smallest absolute Gasteiger partial charge is 0.253 e. The van der Waals surface area contributed by atoms with Gasteiger partial charge in [0.2, 0.25) is 0 Å². The third-order valence-electron chi connectivity index (χ3n) is 3.59. The van der Waals surface area contributed by atoms with Crippen LogP contribution < -0.4 is 11.1 Å². The molecule has 0 aromatic heterocycles. The zero-order chi connectivity index (χ0) is 16.0. The van der Waals surface area contributed by atoms with E-state index in [2.05, 4.69) is 31.1 Å². The first-order valence-electron chi connectivity index (χ1n) is 7.38. The minimum absolute atomic E-state index is 0.0354. The van der Waals surface area contributed by atoms with E-state index >= 15 is 0 Å². The first-order valence-corrected chi connectivity index (χ1v) is 7.38. The maximum absolute atomic E-state index is 11.9. The molecule has 118 valence electrons. The maximum atomic E-state index is 11.9. The number of nitrogens with two attached hydrogens (primary N) is 1. The van der Waals surface area contributed by atoms with Crippen LogP contribution in [0.5, 0.6) is 0 Å². The monoisotopic (exact) mass is 292 g/mol. The van der Waals surface area contributed by atoms with Crippen molar-refractivity contribution in [3.63, 3.8) is 0 Å². The Kier molecular flexibility index (Phi) is 6.49. The summed E-state index contributed by atoms with van der Waals surface area (Å²) >= 11 is 0. The predicted molar refractivity (Wildman–Crippen MR) is 89.7 cm³/mol. The molecule has 0 aliphatic heterocycles. The number of nitrogens with zero attached hydrogens (tertiary/aromatic N) is 2. The van der Waals surface area contributed by atoms with Crippen LogP contribution in [0.2, 0.25) is 0 Å². The summed E-state index contributed by atoms with van der Waals surface area (Å²) in [5.74, 6) is -0.0354. The van der Waals surface area contributed by atoms with Gasteiger partial charge in [0, 0.05) is 32.2 Å². The average molecular weight is 292 g/mol. The zero-order valence-electron chi connectivity index (χ0n) is 13.8. The lowest BCUT2D eigenvalue weighted by Gasteiger charge is -2.21. The van der Waals surface area contributed by atoms with Crippen molar-refractivity contribution in [3.8, 4) is 0 Å². The van der Waals surface area contributed by atoms with Crippen LogP contribution in [0.1, 0.15) is 30.6 Å². The number of rotatable bonds is 7. The first-order chi connectivity index (χ1) is 9.82. The molecule has 1 amide bonds. The Morgan fingerprint density at radius 1 is 1.29 bits per heavy atom. The number of benzene rings is 1. The number of carbonyl (C=O) groups excluding carboxylic acids is 1. The van der Waals surface area contributed by atoms with Gasteiger partial charge in [0.05, 0.1) is 11.4 Å². The van der Waals surface area contributed by atoms with Gasteiger partial charge in [0.1, 0.15) is 0 Å². The molecule has 0 unspecified atom stereocenters. The van der Waals surface area contributed by atoms with Crippen LogP contribution in [0.3, 0.4) is 0 Å². The molecule has 0 saturated carbocycles. The summed E-state index contributed by atoms with van der Waals surface area (Å²) in [5.41, 5.74) is 8.12. The Hall–Kier alpha value is -1.75. The van der Waals surface area contributed by atoms with Crippen molar-refractivity contribution in [1.29, 1.82) is 0 Å². The van der Waals surface area contributed by atoms with Crippen LogP contribution in [0.4, 0.5) is 11.4 Å². The lowest BCUT2D eigenvalue weighted by atomic mass is 10.1. The lowest BCUT2D eigenvalue weighted by Crippen LogP contribution is -2.28. The van der Waals surface area contributed by atoms with Crippen LogP contribution in [0, 0.1) is 0 Å². The number of anilines is 2. The second-order valence-corrected chi connectivity index (χ2v) is 5.86. The van der Waals surface area contributed by atoms with Gasteiger partial charge in [0.15, 0.2) is 0 Å². The van der Waals surface area contributed by atoms with Crippen molar-refractivity contribution in [3.05, 3.63) is 23.8 Å². The van der Waals surface area contributed by atoms with E-state index in [4.69, 9.17) is 5.73 Å². The largest absolute Gasteiger partial charge is 0.397 e. The third-order valence-corrected chi connectivity index (χ3v) is 3.59. The van der Waals surface area contributed by atoms with Gasteiger partial charge < -0.3 is 20.9 Å². The molecule has 0 bridgehead atoms. The summed E-state index contributed by atoms with van der Waals surface area (Å²) in [6, 6.07) is 5.97. The van der Waals surface area contributed by atoms with Crippen LogP contribution in [-0.4, -0.2) is 56.0 Å². The number of carbonyl (C=O) groups is 1. The highest BCUT2D eigenvalue weighted by Gasteiger charge is 2.10. The van der Waals surface area contributed by atoms with Gasteiger partial charge in [-0.25, -0.2) is 0 Å². The Labute approximate surface area is 128 Å². The zero-order valence-corrected chi connectivity index (χ0v) is 13.8. The summed E-state index contributed by atoms with van der Waals surface area (Å²) < 4.78 is 0. The highest BCUT2D eigenvalue weighted by molar-refractivity contribution is 5.95. The highest BCUT2D eigenvalue weighted by atomic mass is 16.2. The van der Waals surface area contributed by atoms with Crippen molar-refractivity contribution < 1.29 is 4.79 Å². The van der Waals surface area contributed by atoms with Crippen LogP contribution >= 0.6 is 0 Å². The number of hydrogen-bond donors (Lipinski definition) is 2. The van der Waals surface area contributed by atoms with Crippen molar-refractivity contribution in [2.24, 2.45) is 0 Å². The number of amides is 1. The normalized spacial score (nSPS) is 11.0. The Bertz CT molecular complexity index is 471. The third kappa shape index (κ3) is 5.27. The number of nitrogen functional groups attached to an aromatic ring is 1. The van der Waals surface area contributed by atoms with Gasteiger partial charge in [-0.1, -0.05) is 0 Å². The second kappa shape index (κ2) is 7.88. The number of nitrogens with one attached hydrogen (secondary N) is 1. The Balaban J connectivity index is 2.52. The minimum atomic E-state index is -0.0354. The minimum Gasteiger partial charge on any atom is -0.397 e. The fraction of sp³-hybridized carbons (Fsp3) is 0.562. The Morgan fingerprint density at radius 3 is 2.48 bits per heavy atom. The van der Waals surface area contributed by atoms with Crippen LogP contribution in [-0.2, 0) is 0 Å². The molecule has 0 aliphatic carbocycles. The molecule has 1 aromatic rings. The van der Waals surface area contributed by atoms with Crippen LogP contribution in [0.25, 0.3) is 0 Å². The molecule has 0 atom stereocenters. The van der Waals surface area contributed by atoms with Crippen molar-refractivity contribution >= 4 is 17.3 Å². The molecule has 0 aliphatic rings. The van der Waals surface area contributed by atoms with Crippen LogP contribution in [0.15, 0.2) is 18.2 Å². The van der Waals surface area contributed by atoms with E-state index in [1.807, 2.05) is 6.07 Å². The fourth-order valence-corrected chi connectivity index (χ4v) is 1.92. The van der Waals surface area contributed by atoms with Gasteiger partial charge in [-0.3, -0.25) is 4.79 Å². The van der Waals surface area contributed by atoms with Crippen molar-refractivity contribution in [2.75, 3.05) is 45.3 Å². The van der Waals surface area contributed by atoms with Gasteiger partial charge in [-0.05, 0) is 52.1 Å². The molecule has 5 heteroatoms. The molecule has 0 saturated heterocycles. The molecular weight excluding hydrogens is 264 g/mol. The first kappa shape index (κ1) is 17.3. The van der Waals surface area contributed by atoms with E-state index in [9.17, 15) is 4.79 Å². The highest BCUT2D eigenvalue weighted by Crippen LogP contribution is 2.20. The van der Waals surface area contributed by atoms with E-state index < -0.39 is 0 Å². The van der Waals surface area contributed by atoms with Crippen molar-refractivity contribution in [1.82, 2.24) is 9.80 Å². The molecule has 0 heterocycles. The molecule has 0 radical (unpaired) electrons.